The molecular weight excluding hydrogens is 382 g/mol. The number of para-hydroxylation sites is 1. The third-order valence-electron chi connectivity index (χ3n) is 4.11. The minimum absolute atomic E-state index is 0.140. The van der Waals surface area contributed by atoms with Crippen molar-refractivity contribution in [3.63, 3.8) is 0 Å². The van der Waals surface area contributed by atoms with Gasteiger partial charge in [0.2, 0.25) is 15.9 Å². The predicted octanol–water partition coefficient (Wildman–Crippen LogP) is 1.98. The summed E-state index contributed by atoms with van der Waals surface area (Å²) in [5.41, 5.74) is 6.03. The van der Waals surface area contributed by atoms with E-state index in [0.717, 1.165) is 10.6 Å². The molecule has 0 unspecified atom stereocenters. The van der Waals surface area contributed by atoms with E-state index in [4.69, 9.17) is 10.5 Å². The standard InChI is InChI=1S/C19H23N3O5S/c1-4-17(19(24)21-16-8-6-5-7-15(16)18(20)23)22(28(3,25)26)13-9-11-14(27-2)12-10-13/h5-12,17H,4H2,1-3H3,(H2,20,23)(H,21,24)/t17-/m0/s1. The third kappa shape index (κ3) is 4.80. The Labute approximate surface area is 164 Å². The minimum atomic E-state index is -3.77. The van der Waals surface area contributed by atoms with Gasteiger partial charge in [-0.3, -0.25) is 13.9 Å². The van der Waals surface area contributed by atoms with Gasteiger partial charge in [-0.05, 0) is 42.8 Å². The summed E-state index contributed by atoms with van der Waals surface area (Å²) in [6.07, 6.45) is 1.24. The number of anilines is 2. The van der Waals surface area contributed by atoms with Crippen molar-refractivity contribution in [1.29, 1.82) is 0 Å². The summed E-state index contributed by atoms with van der Waals surface area (Å²) in [5, 5.41) is 2.62. The molecule has 0 bridgehead atoms. The summed E-state index contributed by atoms with van der Waals surface area (Å²) in [6.45, 7) is 1.70. The molecule has 0 radical (unpaired) electrons. The molecule has 0 aromatic heterocycles. The Balaban J connectivity index is 2.41. The number of hydrogen-bond acceptors (Lipinski definition) is 5. The van der Waals surface area contributed by atoms with Crippen LogP contribution in [0.4, 0.5) is 11.4 Å². The number of nitrogens with zero attached hydrogens (tertiary/aromatic N) is 1. The Morgan fingerprint density at radius 2 is 1.75 bits per heavy atom. The van der Waals surface area contributed by atoms with E-state index in [1.165, 1.54) is 19.2 Å². The highest BCUT2D eigenvalue weighted by Crippen LogP contribution is 2.26. The zero-order valence-corrected chi connectivity index (χ0v) is 16.7. The van der Waals surface area contributed by atoms with E-state index in [2.05, 4.69) is 5.32 Å². The molecule has 2 amide bonds. The second-order valence-corrected chi connectivity index (χ2v) is 7.94. The number of methoxy groups -OCH3 is 1. The molecule has 8 nitrogen and oxygen atoms in total. The second kappa shape index (κ2) is 8.75. The van der Waals surface area contributed by atoms with Crippen LogP contribution in [0.5, 0.6) is 5.75 Å². The lowest BCUT2D eigenvalue weighted by Gasteiger charge is -2.30. The van der Waals surface area contributed by atoms with Crippen LogP contribution in [0.2, 0.25) is 0 Å². The van der Waals surface area contributed by atoms with E-state index in [1.54, 1.807) is 43.3 Å². The Morgan fingerprint density at radius 3 is 2.25 bits per heavy atom. The Hall–Kier alpha value is -3.07. The molecular formula is C19H23N3O5S. The van der Waals surface area contributed by atoms with Crippen LogP contribution < -0.4 is 20.1 Å². The number of hydrogen-bond donors (Lipinski definition) is 2. The van der Waals surface area contributed by atoms with Crippen LogP contribution in [0.3, 0.4) is 0 Å². The van der Waals surface area contributed by atoms with Crippen LogP contribution in [0.1, 0.15) is 23.7 Å². The second-order valence-electron chi connectivity index (χ2n) is 6.08. The number of carbonyl (C=O) groups excluding carboxylic acids is 2. The molecule has 2 aromatic carbocycles. The van der Waals surface area contributed by atoms with Crippen LogP contribution in [0.25, 0.3) is 0 Å². The van der Waals surface area contributed by atoms with E-state index < -0.39 is 27.9 Å². The molecule has 0 saturated carbocycles. The van der Waals surface area contributed by atoms with Gasteiger partial charge in [0.25, 0.3) is 5.91 Å². The van der Waals surface area contributed by atoms with E-state index in [1.807, 2.05) is 0 Å². The van der Waals surface area contributed by atoms with Gasteiger partial charge in [0.1, 0.15) is 11.8 Å². The smallest absolute Gasteiger partial charge is 0.250 e. The third-order valence-corrected chi connectivity index (χ3v) is 5.29. The van der Waals surface area contributed by atoms with Crippen LogP contribution >= 0.6 is 0 Å². The lowest BCUT2D eigenvalue weighted by atomic mass is 10.1. The highest BCUT2D eigenvalue weighted by molar-refractivity contribution is 7.92. The van der Waals surface area contributed by atoms with Crippen LogP contribution in [0, 0.1) is 0 Å². The van der Waals surface area contributed by atoms with Crippen LogP contribution in [-0.4, -0.2) is 39.6 Å². The summed E-state index contributed by atoms with van der Waals surface area (Å²) < 4.78 is 31.1. The van der Waals surface area contributed by atoms with Gasteiger partial charge in [-0.15, -0.1) is 0 Å². The lowest BCUT2D eigenvalue weighted by molar-refractivity contribution is -0.117. The van der Waals surface area contributed by atoms with Gasteiger partial charge >= 0.3 is 0 Å². The fraction of sp³-hybridized carbons (Fsp3) is 0.263. The number of benzene rings is 2. The Kier molecular flexibility index (Phi) is 6.63. The molecule has 28 heavy (non-hydrogen) atoms. The molecule has 0 aliphatic heterocycles. The average Bonchev–Trinajstić information content (AvgIpc) is 2.65. The molecule has 3 N–H and O–H groups in total. The highest BCUT2D eigenvalue weighted by atomic mass is 32.2. The fourth-order valence-corrected chi connectivity index (χ4v) is 4.02. The fourth-order valence-electron chi connectivity index (χ4n) is 2.81. The molecule has 0 spiro atoms. The number of nitrogens with two attached hydrogens (primary N) is 1. The number of sulfonamides is 1. The monoisotopic (exact) mass is 405 g/mol. The van der Waals surface area contributed by atoms with Gasteiger partial charge in [0, 0.05) is 0 Å². The number of nitrogens with one attached hydrogen (secondary N) is 1. The first-order valence-electron chi connectivity index (χ1n) is 8.52. The number of ether oxygens (including phenoxy) is 1. The van der Waals surface area contributed by atoms with Crippen LogP contribution in [-0.2, 0) is 14.8 Å². The molecule has 9 heteroatoms. The lowest BCUT2D eigenvalue weighted by Crippen LogP contribution is -2.47. The summed E-state index contributed by atoms with van der Waals surface area (Å²) in [4.78, 5) is 24.5. The van der Waals surface area contributed by atoms with Gasteiger partial charge < -0.3 is 15.8 Å². The van der Waals surface area contributed by atoms with Gasteiger partial charge in [0.05, 0.1) is 30.3 Å². The largest absolute Gasteiger partial charge is 0.497 e. The maximum absolute atomic E-state index is 12.9. The summed E-state index contributed by atoms with van der Waals surface area (Å²) in [5.74, 6) is -0.707. The molecule has 0 fully saturated rings. The Bertz CT molecular complexity index is 958. The molecule has 2 aromatic rings. The summed E-state index contributed by atoms with van der Waals surface area (Å²) in [7, 11) is -2.27. The van der Waals surface area contributed by atoms with Crippen molar-refractivity contribution in [2.75, 3.05) is 23.0 Å². The topological polar surface area (TPSA) is 119 Å². The average molecular weight is 405 g/mol. The number of rotatable bonds is 8. The van der Waals surface area contributed by atoms with Crippen molar-refractivity contribution in [3.05, 3.63) is 54.1 Å². The minimum Gasteiger partial charge on any atom is -0.497 e. The van der Waals surface area contributed by atoms with Gasteiger partial charge in [0.15, 0.2) is 0 Å². The number of primary amides is 1. The highest BCUT2D eigenvalue weighted by Gasteiger charge is 2.32. The maximum atomic E-state index is 12.9. The zero-order chi connectivity index (χ0) is 20.9. The number of carbonyl (C=O) groups is 2. The molecule has 0 aliphatic rings. The molecule has 0 aliphatic carbocycles. The molecule has 1 atom stereocenters. The molecule has 0 saturated heterocycles. The van der Waals surface area contributed by atoms with Crippen molar-refractivity contribution in [1.82, 2.24) is 0 Å². The first-order valence-corrected chi connectivity index (χ1v) is 10.4. The Morgan fingerprint density at radius 1 is 1.14 bits per heavy atom. The zero-order valence-electron chi connectivity index (χ0n) is 15.9. The quantitative estimate of drug-likeness (QED) is 0.696. The van der Waals surface area contributed by atoms with Gasteiger partial charge in [-0.2, -0.15) is 0 Å². The first kappa shape index (κ1) is 21.2. The van der Waals surface area contributed by atoms with Crippen LogP contribution in [0.15, 0.2) is 48.5 Å². The van der Waals surface area contributed by atoms with E-state index in [0.29, 0.717) is 11.4 Å². The summed E-state index contributed by atoms with van der Waals surface area (Å²) >= 11 is 0. The number of amides is 2. The van der Waals surface area contributed by atoms with Crippen molar-refractivity contribution >= 4 is 33.2 Å². The normalized spacial score (nSPS) is 12.1. The van der Waals surface area contributed by atoms with Crippen molar-refractivity contribution in [2.24, 2.45) is 5.73 Å². The van der Waals surface area contributed by atoms with Crippen molar-refractivity contribution in [2.45, 2.75) is 19.4 Å². The molecule has 0 heterocycles. The van der Waals surface area contributed by atoms with Crippen molar-refractivity contribution in [3.8, 4) is 5.75 Å². The SMILES string of the molecule is CC[C@@H](C(=O)Nc1ccccc1C(N)=O)N(c1ccc(OC)cc1)S(C)(=O)=O. The predicted molar refractivity (Wildman–Crippen MR) is 108 cm³/mol. The van der Waals surface area contributed by atoms with Crippen molar-refractivity contribution < 1.29 is 22.7 Å². The summed E-state index contributed by atoms with van der Waals surface area (Å²) in [6, 6.07) is 11.6. The van der Waals surface area contributed by atoms with E-state index in [-0.39, 0.29) is 17.7 Å². The van der Waals surface area contributed by atoms with E-state index >= 15 is 0 Å². The first-order chi connectivity index (χ1) is 13.2. The maximum Gasteiger partial charge on any atom is 0.250 e. The van der Waals surface area contributed by atoms with Gasteiger partial charge in [-0.1, -0.05) is 19.1 Å². The van der Waals surface area contributed by atoms with E-state index in [9.17, 15) is 18.0 Å². The van der Waals surface area contributed by atoms with Gasteiger partial charge in [-0.25, -0.2) is 8.42 Å². The molecule has 150 valence electrons. The molecule has 2 rings (SSSR count).